The van der Waals surface area contributed by atoms with Crippen LogP contribution in [0.5, 0.6) is 0 Å². The van der Waals surface area contributed by atoms with E-state index in [1.807, 2.05) is 0 Å². The van der Waals surface area contributed by atoms with Gasteiger partial charge in [0.2, 0.25) is 0 Å². The number of ether oxygens (including phenoxy) is 2. The highest BCUT2D eigenvalue weighted by atomic mass is 19.4. The quantitative estimate of drug-likeness (QED) is 0.593. The lowest BCUT2D eigenvalue weighted by molar-refractivity contribution is -0.146. The van der Waals surface area contributed by atoms with Crippen molar-refractivity contribution in [2.24, 2.45) is 0 Å². The van der Waals surface area contributed by atoms with Crippen molar-refractivity contribution >= 4 is 29.2 Å². The van der Waals surface area contributed by atoms with Gasteiger partial charge in [0.1, 0.15) is 6.54 Å². The molecule has 1 saturated heterocycles. The average Bonchev–Trinajstić information content (AvgIpc) is 2.81. The topological polar surface area (TPSA) is 97.0 Å². The Kier molecular flexibility index (Phi) is 8.11. The van der Waals surface area contributed by atoms with Crippen LogP contribution < -0.4 is 15.5 Å². The van der Waals surface area contributed by atoms with Crippen molar-refractivity contribution in [1.29, 1.82) is 0 Å². The van der Waals surface area contributed by atoms with Gasteiger partial charge in [-0.15, -0.1) is 0 Å². The number of nitrogens with one attached hydrogen (secondary N) is 2. The Morgan fingerprint density at radius 3 is 2.47 bits per heavy atom. The van der Waals surface area contributed by atoms with E-state index in [1.54, 1.807) is 36.1 Å². The minimum Gasteiger partial charge on any atom is -0.454 e. The summed E-state index contributed by atoms with van der Waals surface area (Å²) in [4.78, 5) is 38.2. The van der Waals surface area contributed by atoms with Gasteiger partial charge in [-0.25, -0.2) is 0 Å². The van der Waals surface area contributed by atoms with Crippen LogP contribution in [-0.2, 0) is 25.2 Å². The summed E-state index contributed by atoms with van der Waals surface area (Å²) in [5, 5.41) is 4.79. The van der Waals surface area contributed by atoms with Gasteiger partial charge in [0.05, 0.1) is 30.2 Å². The third kappa shape index (κ3) is 6.70. The number of amides is 2. The molecule has 0 unspecified atom stereocenters. The molecular weight excluding hydrogens is 455 g/mol. The summed E-state index contributed by atoms with van der Waals surface area (Å²) in [6, 6.07) is 9.87. The normalized spacial score (nSPS) is 13.8. The number of carbonyl (C=O) groups excluding carboxylic acids is 3. The summed E-state index contributed by atoms with van der Waals surface area (Å²) in [7, 11) is 0. The molecule has 2 N–H and O–H groups in total. The maximum absolute atomic E-state index is 13.2. The number of anilines is 2. The lowest BCUT2D eigenvalue weighted by Crippen LogP contribution is -2.37. The smallest absolute Gasteiger partial charge is 0.416 e. The molecule has 0 bridgehead atoms. The summed E-state index contributed by atoms with van der Waals surface area (Å²) >= 11 is 0. The first-order chi connectivity index (χ1) is 16.1. The highest BCUT2D eigenvalue weighted by molar-refractivity contribution is 5.98. The largest absolute Gasteiger partial charge is 0.454 e. The number of nitrogens with zero attached hydrogens (tertiary/aromatic N) is 1. The predicted molar refractivity (Wildman–Crippen MR) is 118 cm³/mol. The van der Waals surface area contributed by atoms with Crippen molar-refractivity contribution < 1.29 is 37.0 Å². The number of benzene rings is 2. The van der Waals surface area contributed by atoms with Gasteiger partial charge in [0.15, 0.2) is 6.61 Å². The second-order valence-electron chi connectivity index (χ2n) is 7.54. The first-order valence-electron chi connectivity index (χ1n) is 10.5. The summed E-state index contributed by atoms with van der Waals surface area (Å²) in [6.07, 6.45) is -4.59. The van der Waals surface area contributed by atoms with E-state index in [0.717, 1.165) is 17.7 Å². The van der Waals surface area contributed by atoms with Gasteiger partial charge in [-0.05, 0) is 36.8 Å². The molecule has 1 fully saturated rings. The Morgan fingerprint density at radius 2 is 1.79 bits per heavy atom. The predicted octanol–water partition coefficient (Wildman–Crippen LogP) is 2.76. The SMILES string of the molecule is Cc1ccccc1C(=O)NCC(=O)OCC(=O)Nc1cc(C(F)(F)F)ccc1N1CCOCC1. The molecule has 2 amide bonds. The summed E-state index contributed by atoms with van der Waals surface area (Å²) in [5.74, 6) is -2.15. The van der Waals surface area contributed by atoms with Gasteiger partial charge < -0.3 is 25.0 Å². The summed E-state index contributed by atoms with van der Waals surface area (Å²) in [5.41, 5.74) is 0.556. The molecule has 8 nitrogen and oxygen atoms in total. The first kappa shape index (κ1) is 25.0. The van der Waals surface area contributed by atoms with E-state index < -0.39 is 42.7 Å². The molecule has 2 aromatic rings. The highest BCUT2D eigenvalue weighted by Crippen LogP contribution is 2.35. The Morgan fingerprint density at radius 1 is 1.09 bits per heavy atom. The van der Waals surface area contributed by atoms with Crippen LogP contribution in [-0.4, -0.2) is 57.2 Å². The molecule has 1 heterocycles. The van der Waals surface area contributed by atoms with Crippen LogP contribution in [0.25, 0.3) is 0 Å². The van der Waals surface area contributed by atoms with Crippen molar-refractivity contribution in [1.82, 2.24) is 5.32 Å². The Bertz CT molecular complexity index is 1050. The van der Waals surface area contributed by atoms with Crippen LogP contribution in [0.1, 0.15) is 21.5 Å². The number of esters is 1. The number of carbonyl (C=O) groups is 3. The van der Waals surface area contributed by atoms with Gasteiger partial charge in [0, 0.05) is 18.7 Å². The Hall–Kier alpha value is -3.60. The molecule has 0 spiro atoms. The van der Waals surface area contributed by atoms with E-state index >= 15 is 0 Å². The molecule has 0 saturated carbocycles. The van der Waals surface area contributed by atoms with E-state index in [2.05, 4.69) is 10.6 Å². The first-order valence-corrected chi connectivity index (χ1v) is 10.5. The summed E-state index contributed by atoms with van der Waals surface area (Å²) < 4.78 is 49.7. The monoisotopic (exact) mass is 479 g/mol. The number of hydrogen-bond acceptors (Lipinski definition) is 6. The van der Waals surface area contributed by atoms with Crippen molar-refractivity contribution in [3.63, 3.8) is 0 Å². The van der Waals surface area contributed by atoms with E-state index in [0.29, 0.717) is 37.6 Å². The van der Waals surface area contributed by atoms with Gasteiger partial charge in [-0.2, -0.15) is 13.2 Å². The number of alkyl halides is 3. The van der Waals surface area contributed by atoms with E-state index in [1.165, 1.54) is 6.07 Å². The van der Waals surface area contributed by atoms with Crippen LogP contribution in [0.3, 0.4) is 0 Å². The molecule has 1 aliphatic heterocycles. The van der Waals surface area contributed by atoms with Crippen LogP contribution >= 0.6 is 0 Å². The fraction of sp³-hybridized carbons (Fsp3) is 0.348. The highest BCUT2D eigenvalue weighted by Gasteiger charge is 2.32. The number of rotatable bonds is 7. The molecule has 0 aromatic heterocycles. The van der Waals surface area contributed by atoms with E-state index in [9.17, 15) is 27.6 Å². The third-order valence-electron chi connectivity index (χ3n) is 5.10. The Labute approximate surface area is 194 Å². The second-order valence-corrected chi connectivity index (χ2v) is 7.54. The molecule has 182 valence electrons. The molecule has 1 aliphatic rings. The molecule has 2 aromatic carbocycles. The lowest BCUT2D eigenvalue weighted by Gasteiger charge is -2.31. The van der Waals surface area contributed by atoms with Gasteiger partial charge >= 0.3 is 12.1 Å². The van der Waals surface area contributed by atoms with E-state index in [4.69, 9.17) is 9.47 Å². The molecular formula is C23H24F3N3O5. The standard InChI is InChI=1S/C23H24F3N3O5/c1-15-4-2-3-5-17(15)22(32)27-13-21(31)34-14-20(30)28-18-12-16(23(24,25)26)6-7-19(18)29-8-10-33-11-9-29/h2-7,12H,8-11,13-14H2,1H3,(H,27,32)(H,28,30). The van der Waals surface area contributed by atoms with Crippen molar-refractivity contribution in [2.75, 3.05) is 49.7 Å². The maximum Gasteiger partial charge on any atom is 0.416 e. The number of hydrogen-bond donors (Lipinski definition) is 2. The maximum atomic E-state index is 13.2. The van der Waals surface area contributed by atoms with Crippen molar-refractivity contribution in [3.05, 3.63) is 59.2 Å². The zero-order valence-corrected chi connectivity index (χ0v) is 18.4. The Balaban J connectivity index is 1.58. The molecule has 34 heavy (non-hydrogen) atoms. The summed E-state index contributed by atoms with van der Waals surface area (Å²) in [6.45, 7) is 2.26. The minimum absolute atomic E-state index is 0.0503. The molecule has 11 heteroatoms. The molecule has 0 aliphatic carbocycles. The molecule has 0 atom stereocenters. The average molecular weight is 479 g/mol. The van der Waals surface area contributed by atoms with E-state index in [-0.39, 0.29) is 5.69 Å². The lowest BCUT2D eigenvalue weighted by atomic mass is 10.1. The van der Waals surface area contributed by atoms with Crippen LogP contribution in [0.15, 0.2) is 42.5 Å². The van der Waals surface area contributed by atoms with Gasteiger partial charge in [0.25, 0.3) is 11.8 Å². The zero-order valence-electron chi connectivity index (χ0n) is 18.4. The van der Waals surface area contributed by atoms with Gasteiger partial charge in [-0.1, -0.05) is 18.2 Å². The zero-order chi connectivity index (χ0) is 24.7. The third-order valence-corrected chi connectivity index (χ3v) is 5.10. The van der Waals surface area contributed by atoms with Crippen molar-refractivity contribution in [3.8, 4) is 0 Å². The molecule has 3 rings (SSSR count). The second kappa shape index (κ2) is 11.0. The van der Waals surface area contributed by atoms with Crippen LogP contribution in [0, 0.1) is 6.92 Å². The van der Waals surface area contributed by atoms with Crippen LogP contribution in [0.2, 0.25) is 0 Å². The fourth-order valence-corrected chi connectivity index (χ4v) is 3.35. The van der Waals surface area contributed by atoms with Gasteiger partial charge in [-0.3, -0.25) is 14.4 Å². The molecule has 0 radical (unpaired) electrons. The number of aryl methyl sites for hydroxylation is 1. The fourth-order valence-electron chi connectivity index (χ4n) is 3.35. The number of morpholine rings is 1. The van der Waals surface area contributed by atoms with Crippen molar-refractivity contribution in [2.45, 2.75) is 13.1 Å². The number of halogens is 3. The van der Waals surface area contributed by atoms with Crippen LogP contribution in [0.4, 0.5) is 24.5 Å². The minimum atomic E-state index is -4.59.